The predicted molar refractivity (Wildman–Crippen MR) is 97.5 cm³/mol. The molecule has 0 aromatic heterocycles. The van der Waals surface area contributed by atoms with Crippen molar-refractivity contribution in [3.63, 3.8) is 0 Å². The number of aryl methyl sites for hydroxylation is 1. The van der Waals surface area contributed by atoms with Crippen molar-refractivity contribution in [3.8, 4) is 11.5 Å². The van der Waals surface area contributed by atoms with Crippen LogP contribution in [0.25, 0.3) is 0 Å². The van der Waals surface area contributed by atoms with Gasteiger partial charge in [0.05, 0.1) is 14.2 Å². The molecule has 0 N–H and O–H groups in total. The first-order valence-corrected chi connectivity index (χ1v) is 8.14. The van der Waals surface area contributed by atoms with E-state index in [0.717, 1.165) is 11.1 Å². The van der Waals surface area contributed by atoms with Crippen molar-refractivity contribution in [1.29, 1.82) is 0 Å². The molecule has 138 valence electrons. The van der Waals surface area contributed by atoms with Gasteiger partial charge in [0, 0.05) is 13.6 Å². The van der Waals surface area contributed by atoms with Crippen molar-refractivity contribution < 1.29 is 23.8 Å². The highest BCUT2D eigenvalue weighted by Crippen LogP contribution is 2.31. The van der Waals surface area contributed by atoms with E-state index >= 15 is 0 Å². The zero-order valence-electron chi connectivity index (χ0n) is 15.4. The van der Waals surface area contributed by atoms with Gasteiger partial charge in [-0.15, -0.1) is 0 Å². The van der Waals surface area contributed by atoms with Crippen molar-refractivity contribution in [2.75, 3.05) is 27.9 Å². The molecule has 1 amide bonds. The lowest BCUT2D eigenvalue weighted by Gasteiger charge is -2.18. The van der Waals surface area contributed by atoms with Crippen molar-refractivity contribution in [2.24, 2.45) is 0 Å². The number of nitrogens with zero attached hydrogens (tertiary/aromatic N) is 1. The van der Waals surface area contributed by atoms with E-state index in [-0.39, 0.29) is 23.8 Å². The van der Waals surface area contributed by atoms with E-state index in [9.17, 15) is 9.59 Å². The van der Waals surface area contributed by atoms with Crippen LogP contribution < -0.4 is 9.47 Å². The van der Waals surface area contributed by atoms with Gasteiger partial charge in [-0.3, -0.25) is 4.79 Å². The summed E-state index contributed by atoms with van der Waals surface area (Å²) >= 11 is 0. The van der Waals surface area contributed by atoms with Crippen LogP contribution in [0.5, 0.6) is 11.5 Å². The minimum Gasteiger partial charge on any atom is -0.493 e. The predicted octanol–water partition coefficient (Wildman–Crippen LogP) is 2.83. The number of carbonyl (C=O) groups is 2. The highest BCUT2D eigenvalue weighted by atomic mass is 16.5. The van der Waals surface area contributed by atoms with E-state index in [4.69, 9.17) is 14.2 Å². The maximum Gasteiger partial charge on any atom is 0.342 e. The normalized spacial score (nSPS) is 10.2. The van der Waals surface area contributed by atoms with Crippen molar-refractivity contribution in [3.05, 3.63) is 59.2 Å². The molecule has 0 bridgehead atoms. The molecule has 0 aliphatic heterocycles. The SMILES string of the molecule is COc1cccc(C(=O)OCC(=O)N(C)Cc2ccc(C)cc2)c1OC. The van der Waals surface area contributed by atoms with Crippen LogP contribution in [0, 0.1) is 6.92 Å². The number of methoxy groups -OCH3 is 2. The van der Waals surface area contributed by atoms with E-state index in [0.29, 0.717) is 12.3 Å². The summed E-state index contributed by atoms with van der Waals surface area (Å²) in [5.41, 5.74) is 2.37. The summed E-state index contributed by atoms with van der Waals surface area (Å²) in [6.07, 6.45) is 0. The zero-order chi connectivity index (χ0) is 19.1. The van der Waals surface area contributed by atoms with E-state index in [1.54, 1.807) is 25.2 Å². The Kier molecular flexibility index (Phi) is 6.60. The lowest BCUT2D eigenvalue weighted by atomic mass is 10.1. The fourth-order valence-electron chi connectivity index (χ4n) is 2.42. The average molecular weight is 357 g/mol. The molecule has 0 heterocycles. The van der Waals surface area contributed by atoms with E-state index in [2.05, 4.69) is 0 Å². The minimum atomic E-state index is -0.641. The average Bonchev–Trinajstić information content (AvgIpc) is 2.66. The molecule has 0 unspecified atom stereocenters. The fourth-order valence-corrected chi connectivity index (χ4v) is 2.42. The molecule has 0 atom stereocenters. The Morgan fingerprint density at radius 2 is 1.69 bits per heavy atom. The second-order valence-electron chi connectivity index (χ2n) is 5.85. The number of hydrogen-bond acceptors (Lipinski definition) is 5. The molecule has 0 spiro atoms. The number of hydrogen-bond donors (Lipinski definition) is 0. The Morgan fingerprint density at radius 1 is 1.00 bits per heavy atom. The second-order valence-corrected chi connectivity index (χ2v) is 5.85. The number of rotatable bonds is 7. The lowest BCUT2D eigenvalue weighted by molar-refractivity contribution is -0.133. The number of likely N-dealkylation sites (N-methyl/N-ethyl adjacent to an activating group) is 1. The molecule has 2 rings (SSSR count). The fraction of sp³-hybridized carbons (Fsp3) is 0.300. The van der Waals surface area contributed by atoms with Crippen LogP contribution >= 0.6 is 0 Å². The smallest absolute Gasteiger partial charge is 0.342 e. The largest absolute Gasteiger partial charge is 0.493 e. The topological polar surface area (TPSA) is 65.1 Å². The van der Waals surface area contributed by atoms with Gasteiger partial charge in [0.1, 0.15) is 5.56 Å². The van der Waals surface area contributed by atoms with Gasteiger partial charge in [-0.05, 0) is 24.6 Å². The molecule has 2 aromatic carbocycles. The summed E-state index contributed by atoms with van der Waals surface area (Å²) in [7, 11) is 4.59. The first kappa shape index (κ1) is 19.3. The quantitative estimate of drug-likeness (QED) is 0.713. The molecule has 0 radical (unpaired) electrons. The molecule has 0 fully saturated rings. The monoisotopic (exact) mass is 357 g/mol. The molecule has 6 nitrogen and oxygen atoms in total. The van der Waals surface area contributed by atoms with Crippen LogP contribution in [-0.4, -0.2) is 44.7 Å². The third-order valence-electron chi connectivity index (χ3n) is 3.92. The van der Waals surface area contributed by atoms with Gasteiger partial charge < -0.3 is 19.1 Å². The first-order chi connectivity index (χ1) is 12.5. The maximum atomic E-state index is 12.3. The van der Waals surface area contributed by atoms with Gasteiger partial charge in [-0.25, -0.2) is 4.79 Å². The Hall–Kier alpha value is -3.02. The van der Waals surface area contributed by atoms with Gasteiger partial charge in [0.25, 0.3) is 5.91 Å². The Bertz CT molecular complexity index is 770. The van der Waals surface area contributed by atoms with E-state index in [1.165, 1.54) is 19.1 Å². The number of carbonyl (C=O) groups excluding carboxylic acids is 2. The number of amides is 1. The summed E-state index contributed by atoms with van der Waals surface area (Å²) in [5, 5.41) is 0. The molecule has 0 aliphatic rings. The van der Waals surface area contributed by atoms with E-state index in [1.807, 2.05) is 31.2 Å². The Labute approximate surface area is 153 Å². The van der Waals surface area contributed by atoms with Crippen molar-refractivity contribution in [2.45, 2.75) is 13.5 Å². The highest BCUT2D eigenvalue weighted by molar-refractivity contribution is 5.94. The molecule has 0 saturated heterocycles. The van der Waals surface area contributed by atoms with Crippen LogP contribution in [0.4, 0.5) is 0 Å². The van der Waals surface area contributed by atoms with Crippen LogP contribution in [0.1, 0.15) is 21.5 Å². The Morgan fingerprint density at radius 3 is 2.31 bits per heavy atom. The zero-order valence-corrected chi connectivity index (χ0v) is 15.4. The second kappa shape index (κ2) is 8.89. The number of ether oxygens (including phenoxy) is 3. The van der Waals surface area contributed by atoms with Gasteiger partial charge >= 0.3 is 5.97 Å². The molecule has 2 aromatic rings. The van der Waals surface area contributed by atoms with Crippen molar-refractivity contribution in [1.82, 2.24) is 4.90 Å². The molecular weight excluding hydrogens is 334 g/mol. The number of para-hydroxylation sites is 1. The van der Waals surface area contributed by atoms with E-state index < -0.39 is 5.97 Å². The van der Waals surface area contributed by atoms with Gasteiger partial charge in [-0.1, -0.05) is 35.9 Å². The molecular formula is C20H23NO5. The molecule has 0 saturated carbocycles. The highest BCUT2D eigenvalue weighted by Gasteiger charge is 2.19. The summed E-state index contributed by atoms with van der Waals surface area (Å²) < 4.78 is 15.5. The third-order valence-corrected chi connectivity index (χ3v) is 3.92. The first-order valence-electron chi connectivity index (χ1n) is 8.14. The van der Waals surface area contributed by atoms with Crippen LogP contribution in [0.3, 0.4) is 0 Å². The van der Waals surface area contributed by atoms with Crippen LogP contribution in [-0.2, 0) is 16.1 Å². The van der Waals surface area contributed by atoms with Crippen LogP contribution in [0.15, 0.2) is 42.5 Å². The van der Waals surface area contributed by atoms with Crippen molar-refractivity contribution >= 4 is 11.9 Å². The summed E-state index contributed by atoms with van der Waals surface area (Å²) in [6, 6.07) is 12.8. The standard InChI is InChI=1S/C20H23NO5/c1-14-8-10-15(11-9-14)12-21(2)18(22)13-26-20(23)16-6-5-7-17(24-3)19(16)25-4/h5-11H,12-13H2,1-4H3. The summed E-state index contributed by atoms with van der Waals surface area (Å²) in [4.78, 5) is 26.0. The summed E-state index contributed by atoms with van der Waals surface area (Å²) in [5.74, 6) is -0.233. The minimum absolute atomic E-state index is 0.209. The van der Waals surface area contributed by atoms with Gasteiger partial charge in [0.2, 0.25) is 0 Å². The van der Waals surface area contributed by atoms with Gasteiger partial charge in [0.15, 0.2) is 18.1 Å². The molecule has 0 aliphatic carbocycles. The lowest BCUT2D eigenvalue weighted by Crippen LogP contribution is -2.30. The number of esters is 1. The third kappa shape index (κ3) is 4.75. The maximum absolute atomic E-state index is 12.3. The summed E-state index contributed by atoms with van der Waals surface area (Å²) in [6.45, 7) is 2.10. The Balaban J connectivity index is 1.96. The van der Waals surface area contributed by atoms with Crippen LogP contribution in [0.2, 0.25) is 0 Å². The van der Waals surface area contributed by atoms with Gasteiger partial charge in [-0.2, -0.15) is 0 Å². The number of benzene rings is 2. The molecule has 6 heteroatoms. The molecule has 26 heavy (non-hydrogen) atoms.